The predicted octanol–water partition coefficient (Wildman–Crippen LogP) is -0.347. The lowest BCUT2D eigenvalue weighted by molar-refractivity contribution is -0.126. The third-order valence-electron chi connectivity index (χ3n) is 2.41. The van der Waals surface area contributed by atoms with Crippen LogP contribution >= 0.6 is 0 Å². The molecule has 0 radical (unpaired) electrons. The van der Waals surface area contributed by atoms with E-state index < -0.39 is 6.10 Å². The second-order valence-electron chi connectivity index (χ2n) is 3.28. The molecule has 0 aliphatic carbocycles. The summed E-state index contributed by atoms with van der Waals surface area (Å²) < 4.78 is 10.3. The molecule has 72 valence electrons. The molecule has 5 nitrogen and oxygen atoms in total. The number of aliphatic imine (C=N–C) groups is 1. The maximum Gasteiger partial charge on any atom is 0.291 e. The van der Waals surface area contributed by atoms with Gasteiger partial charge in [0.05, 0.1) is 0 Å². The van der Waals surface area contributed by atoms with Crippen molar-refractivity contribution in [3.05, 3.63) is 0 Å². The smallest absolute Gasteiger partial charge is 0.291 e. The molecule has 2 aliphatic heterocycles. The van der Waals surface area contributed by atoms with E-state index in [4.69, 9.17) is 15.2 Å². The first kappa shape index (κ1) is 8.50. The molecule has 2 heterocycles. The number of carbonyl (C=O) groups is 1. The molecule has 0 bridgehead atoms. The molecule has 0 spiro atoms. The number of hydrogen-bond acceptors (Lipinski definition) is 4. The third kappa shape index (κ3) is 1.65. The number of amidine groups is 1. The van der Waals surface area contributed by atoms with E-state index in [0.717, 1.165) is 12.8 Å². The summed E-state index contributed by atoms with van der Waals surface area (Å²) >= 11 is 0. The Balaban J connectivity index is 1.98. The number of amides is 1. The normalized spacial score (nSPS) is 30.0. The Kier molecular flexibility index (Phi) is 2.18. The molecular weight excluding hydrogens is 172 g/mol. The second-order valence-corrected chi connectivity index (χ2v) is 3.28. The molecule has 2 N–H and O–H groups in total. The van der Waals surface area contributed by atoms with Crippen LogP contribution in [0.1, 0.15) is 12.8 Å². The molecule has 5 heteroatoms. The Labute approximate surface area is 75.9 Å². The minimum Gasteiger partial charge on any atom is -0.451 e. The summed E-state index contributed by atoms with van der Waals surface area (Å²) in [7, 11) is 0. The zero-order chi connectivity index (χ0) is 9.26. The van der Waals surface area contributed by atoms with Gasteiger partial charge in [0.2, 0.25) is 0 Å². The fourth-order valence-corrected chi connectivity index (χ4v) is 1.70. The molecule has 0 aromatic heterocycles. The van der Waals surface area contributed by atoms with Crippen LogP contribution in [0.3, 0.4) is 0 Å². The van der Waals surface area contributed by atoms with Crippen LogP contribution in [0, 0.1) is 5.92 Å². The first-order valence-electron chi connectivity index (χ1n) is 4.40. The number of carbonyl (C=O) groups excluding carboxylic acids is 1. The maximum absolute atomic E-state index is 11.3. The van der Waals surface area contributed by atoms with Gasteiger partial charge in [-0.05, 0) is 12.8 Å². The number of nitrogens with two attached hydrogens (primary N) is 1. The lowest BCUT2D eigenvalue weighted by atomic mass is 9.94. The molecule has 0 aromatic carbocycles. The van der Waals surface area contributed by atoms with E-state index in [1.807, 2.05) is 0 Å². The molecule has 0 saturated carbocycles. The molecule has 2 aliphatic rings. The first-order chi connectivity index (χ1) is 6.27. The summed E-state index contributed by atoms with van der Waals surface area (Å²) in [6.07, 6.45) is 1.24. The Bertz CT molecular complexity index is 246. The Morgan fingerprint density at radius 3 is 2.62 bits per heavy atom. The molecule has 2 rings (SSSR count). The molecule has 1 unspecified atom stereocenters. The van der Waals surface area contributed by atoms with Crippen molar-refractivity contribution >= 4 is 11.9 Å². The number of rotatable bonds is 1. The van der Waals surface area contributed by atoms with Gasteiger partial charge in [0, 0.05) is 19.1 Å². The van der Waals surface area contributed by atoms with Gasteiger partial charge < -0.3 is 15.2 Å². The van der Waals surface area contributed by atoms with Crippen molar-refractivity contribution in [2.24, 2.45) is 16.6 Å². The van der Waals surface area contributed by atoms with Crippen molar-refractivity contribution < 1.29 is 14.3 Å². The van der Waals surface area contributed by atoms with Crippen molar-refractivity contribution in [2.45, 2.75) is 18.9 Å². The van der Waals surface area contributed by atoms with Crippen LogP contribution < -0.4 is 5.73 Å². The Morgan fingerprint density at radius 2 is 2.08 bits per heavy atom. The van der Waals surface area contributed by atoms with Crippen molar-refractivity contribution in [1.29, 1.82) is 0 Å². The van der Waals surface area contributed by atoms with Crippen LogP contribution in [-0.2, 0) is 14.3 Å². The summed E-state index contributed by atoms with van der Waals surface area (Å²) in [5, 5.41) is 0. The van der Waals surface area contributed by atoms with Crippen molar-refractivity contribution in [2.75, 3.05) is 13.2 Å². The van der Waals surface area contributed by atoms with Gasteiger partial charge in [-0.15, -0.1) is 0 Å². The highest BCUT2D eigenvalue weighted by Gasteiger charge is 2.36. The zero-order valence-electron chi connectivity index (χ0n) is 7.23. The Morgan fingerprint density at radius 1 is 1.38 bits per heavy atom. The molecule has 1 fully saturated rings. The maximum atomic E-state index is 11.3. The summed E-state index contributed by atoms with van der Waals surface area (Å²) in [6, 6.07) is 0.00138. The minimum absolute atomic E-state index is 0.00138. The van der Waals surface area contributed by atoms with E-state index in [2.05, 4.69) is 4.99 Å². The van der Waals surface area contributed by atoms with Crippen LogP contribution in [0.25, 0.3) is 0 Å². The molecule has 1 atom stereocenters. The monoisotopic (exact) mass is 184 g/mol. The van der Waals surface area contributed by atoms with Gasteiger partial charge in [0.1, 0.15) is 0 Å². The lowest BCUT2D eigenvalue weighted by Crippen LogP contribution is -2.33. The number of ether oxygens (including phenoxy) is 2. The SMILES string of the molecule is NC1=NC(=O)C(C2CCOCC2)O1. The molecule has 1 amide bonds. The van der Waals surface area contributed by atoms with E-state index in [0.29, 0.717) is 13.2 Å². The highest BCUT2D eigenvalue weighted by molar-refractivity contribution is 5.97. The Hall–Kier alpha value is -1.10. The fourth-order valence-electron chi connectivity index (χ4n) is 1.70. The van der Waals surface area contributed by atoms with Crippen LogP contribution in [0.5, 0.6) is 0 Å². The van der Waals surface area contributed by atoms with Gasteiger partial charge in [0.15, 0.2) is 6.10 Å². The molecule has 1 saturated heterocycles. The standard InChI is InChI=1S/C8H12N2O3/c9-8-10-7(11)6(13-8)5-1-3-12-4-2-5/h5-6H,1-4H2,(H2,9,10,11). The van der Waals surface area contributed by atoms with Gasteiger partial charge >= 0.3 is 0 Å². The van der Waals surface area contributed by atoms with E-state index in [-0.39, 0.29) is 17.8 Å². The summed E-state index contributed by atoms with van der Waals surface area (Å²) in [4.78, 5) is 14.8. The highest BCUT2D eigenvalue weighted by atomic mass is 16.5. The zero-order valence-corrected chi connectivity index (χ0v) is 7.23. The quantitative estimate of drug-likeness (QED) is 0.604. The van der Waals surface area contributed by atoms with Crippen molar-refractivity contribution in [3.63, 3.8) is 0 Å². The van der Waals surface area contributed by atoms with E-state index in [9.17, 15) is 4.79 Å². The first-order valence-corrected chi connectivity index (χ1v) is 4.40. The van der Waals surface area contributed by atoms with Gasteiger partial charge in [-0.25, -0.2) is 0 Å². The topological polar surface area (TPSA) is 73.9 Å². The van der Waals surface area contributed by atoms with E-state index in [1.54, 1.807) is 0 Å². The lowest BCUT2D eigenvalue weighted by Gasteiger charge is -2.25. The van der Waals surface area contributed by atoms with Crippen LogP contribution in [0.2, 0.25) is 0 Å². The van der Waals surface area contributed by atoms with Gasteiger partial charge in [-0.1, -0.05) is 0 Å². The molecule has 0 aromatic rings. The summed E-state index contributed by atoms with van der Waals surface area (Å²) in [5.41, 5.74) is 5.30. The highest BCUT2D eigenvalue weighted by Crippen LogP contribution is 2.24. The van der Waals surface area contributed by atoms with Gasteiger partial charge in [-0.2, -0.15) is 4.99 Å². The summed E-state index contributed by atoms with van der Waals surface area (Å²) in [5.74, 6) is -0.0320. The van der Waals surface area contributed by atoms with Gasteiger partial charge in [0.25, 0.3) is 11.9 Å². The van der Waals surface area contributed by atoms with Crippen LogP contribution in [0.4, 0.5) is 0 Å². The van der Waals surface area contributed by atoms with E-state index in [1.165, 1.54) is 0 Å². The average molecular weight is 184 g/mol. The molecule has 13 heavy (non-hydrogen) atoms. The number of hydrogen-bond donors (Lipinski definition) is 1. The van der Waals surface area contributed by atoms with Gasteiger partial charge in [-0.3, -0.25) is 4.79 Å². The van der Waals surface area contributed by atoms with Crippen molar-refractivity contribution in [3.8, 4) is 0 Å². The van der Waals surface area contributed by atoms with Crippen LogP contribution in [0.15, 0.2) is 4.99 Å². The van der Waals surface area contributed by atoms with Crippen LogP contribution in [-0.4, -0.2) is 31.2 Å². The predicted molar refractivity (Wildman–Crippen MR) is 45.0 cm³/mol. The second kappa shape index (κ2) is 3.33. The number of nitrogens with zero attached hydrogens (tertiary/aromatic N) is 1. The largest absolute Gasteiger partial charge is 0.451 e. The third-order valence-corrected chi connectivity index (χ3v) is 2.41. The van der Waals surface area contributed by atoms with Crippen molar-refractivity contribution in [1.82, 2.24) is 0 Å². The average Bonchev–Trinajstić information content (AvgIpc) is 2.47. The fraction of sp³-hybridized carbons (Fsp3) is 0.750. The molecular formula is C8H12N2O3. The van der Waals surface area contributed by atoms with E-state index >= 15 is 0 Å². The summed E-state index contributed by atoms with van der Waals surface area (Å²) in [6.45, 7) is 1.38. The minimum atomic E-state index is -0.455.